The number of hydrogen-bond acceptors (Lipinski definition) is 2. The zero-order valence-electron chi connectivity index (χ0n) is 9.66. The molecule has 1 fully saturated rings. The van der Waals surface area contributed by atoms with Crippen molar-refractivity contribution < 1.29 is 4.79 Å². The van der Waals surface area contributed by atoms with E-state index in [0.29, 0.717) is 12.2 Å². The van der Waals surface area contributed by atoms with Gasteiger partial charge in [-0.25, -0.2) is 0 Å². The van der Waals surface area contributed by atoms with Crippen molar-refractivity contribution >= 4 is 5.78 Å². The van der Waals surface area contributed by atoms with Crippen LogP contribution in [-0.4, -0.2) is 15.6 Å². The molecule has 0 spiro atoms. The van der Waals surface area contributed by atoms with Gasteiger partial charge in [-0.05, 0) is 24.3 Å². The first-order valence-corrected chi connectivity index (χ1v) is 5.57. The highest BCUT2D eigenvalue weighted by atomic mass is 16.1. The van der Waals surface area contributed by atoms with E-state index in [1.54, 1.807) is 6.20 Å². The lowest BCUT2D eigenvalue weighted by Crippen LogP contribution is -2.08. The molecule has 0 aromatic carbocycles. The van der Waals surface area contributed by atoms with Gasteiger partial charge < -0.3 is 0 Å². The van der Waals surface area contributed by atoms with E-state index in [9.17, 15) is 4.79 Å². The van der Waals surface area contributed by atoms with E-state index in [4.69, 9.17) is 0 Å². The monoisotopic (exact) mass is 206 g/mol. The third-order valence-electron chi connectivity index (χ3n) is 3.29. The highest BCUT2D eigenvalue weighted by Gasteiger charge is 2.49. The summed E-state index contributed by atoms with van der Waals surface area (Å²) in [7, 11) is 0. The molecule has 1 aromatic heterocycles. The number of carbonyl (C=O) groups is 1. The Bertz CT molecular complexity index is 379. The minimum Gasteiger partial charge on any atom is -0.299 e. The predicted octanol–water partition coefficient (Wildman–Crippen LogP) is 2.06. The molecule has 82 valence electrons. The van der Waals surface area contributed by atoms with Gasteiger partial charge in [0.1, 0.15) is 5.78 Å². The lowest BCUT2D eigenvalue weighted by Gasteiger charge is -2.00. The number of Topliss-reactive ketones (excluding diaryl/α,β-unsaturated/α-hetero) is 1. The van der Waals surface area contributed by atoms with Gasteiger partial charge in [0.2, 0.25) is 0 Å². The van der Waals surface area contributed by atoms with Crippen molar-refractivity contribution in [3.05, 3.63) is 18.0 Å². The van der Waals surface area contributed by atoms with Crippen LogP contribution in [0.5, 0.6) is 0 Å². The molecule has 15 heavy (non-hydrogen) atoms. The molecule has 3 nitrogen and oxygen atoms in total. The Balaban J connectivity index is 1.95. The highest BCUT2D eigenvalue weighted by Crippen LogP contribution is 2.52. The van der Waals surface area contributed by atoms with Crippen LogP contribution in [0.3, 0.4) is 0 Å². The highest BCUT2D eigenvalue weighted by molar-refractivity contribution is 5.86. The summed E-state index contributed by atoms with van der Waals surface area (Å²) >= 11 is 0. The summed E-state index contributed by atoms with van der Waals surface area (Å²) in [6.45, 7) is 7.22. The van der Waals surface area contributed by atoms with Gasteiger partial charge >= 0.3 is 0 Å². The van der Waals surface area contributed by atoms with Crippen molar-refractivity contribution in [3.8, 4) is 0 Å². The maximum Gasteiger partial charge on any atom is 0.141 e. The number of nitrogens with zero attached hydrogens (tertiary/aromatic N) is 2. The molecule has 0 radical (unpaired) electrons. The molecule has 0 amide bonds. The molecule has 1 heterocycles. The minimum absolute atomic E-state index is 0.248. The van der Waals surface area contributed by atoms with Crippen molar-refractivity contribution in [2.45, 2.75) is 40.2 Å². The molecule has 1 aliphatic rings. The maximum atomic E-state index is 11.9. The first-order chi connectivity index (χ1) is 7.03. The number of aryl methyl sites for hydroxylation is 1. The predicted molar refractivity (Wildman–Crippen MR) is 58.5 cm³/mol. The van der Waals surface area contributed by atoms with Crippen LogP contribution < -0.4 is 0 Å². The second-order valence-corrected chi connectivity index (χ2v) is 5.09. The summed E-state index contributed by atoms with van der Waals surface area (Å²) in [6, 6.07) is 0. The van der Waals surface area contributed by atoms with Gasteiger partial charge in [0.25, 0.3) is 0 Å². The molecule has 1 atom stereocenters. The molecule has 0 N–H and O–H groups in total. The molecule has 0 aliphatic heterocycles. The second-order valence-electron chi connectivity index (χ2n) is 5.09. The minimum atomic E-state index is 0.248. The third-order valence-corrected chi connectivity index (χ3v) is 3.29. The molecule has 0 saturated heterocycles. The molecular weight excluding hydrogens is 188 g/mol. The van der Waals surface area contributed by atoms with Crippen LogP contribution in [0.2, 0.25) is 0 Å². The van der Waals surface area contributed by atoms with E-state index in [-0.39, 0.29) is 11.3 Å². The number of carbonyl (C=O) groups excluding carboxylic acids is 1. The summed E-state index contributed by atoms with van der Waals surface area (Å²) in [6.07, 6.45) is 5.37. The Morgan fingerprint density at radius 3 is 2.80 bits per heavy atom. The average Bonchev–Trinajstić information content (AvgIpc) is 2.62. The van der Waals surface area contributed by atoms with Crippen LogP contribution >= 0.6 is 0 Å². The van der Waals surface area contributed by atoms with Gasteiger partial charge in [0.05, 0.1) is 6.20 Å². The van der Waals surface area contributed by atoms with Crippen LogP contribution in [0.4, 0.5) is 0 Å². The Morgan fingerprint density at radius 2 is 2.33 bits per heavy atom. The van der Waals surface area contributed by atoms with E-state index in [0.717, 1.165) is 18.5 Å². The van der Waals surface area contributed by atoms with Crippen molar-refractivity contribution in [2.24, 2.45) is 11.3 Å². The summed E-state index contributed by atoms with van der Waals surface area (Å²) in [5.74, 6) is 0.651. The van der Waals surface area contributed by atoms with Gasteiger partial charge in [-0.15, -0.1) is 0 Å². The molecule has 2 rings (SSSR count). The van der Waals surface area contributed by atoms with Crippen LogP contribution in [0.15, 0.2) is 12.4 Å². The summed E-state index contributed by atoms with van der Waals surface area (Å²) < 4.78 is 1.86. The SMILES string of the molecule is CCn1cc(CC(=O)C2CC2(C)C)cn1. The Morgan fingerprint density at radius 1 is 1.67 bits per heavy atom. The van der Waals surface area contributed by atoms with Crippen molar-refractivity contribution in [1.82, 2.24) is 9.78 Å². The lowest BCUT2D eigenvalue weighted by atomic mass is 10.0. The summed E-state index contributed by atoms with van der Waals surface area (Å²) in [5.41, 5.74) is 1.29. The van der Waals surface area contributed by atoms with Crippen molar-refractivity contribution in [2.75, 3.05) is 0 Å². The molecule has 3 heteroatoms. The van der Waals surface area contributed by atoms with Gasteiger partial charge in [0, 0.05) is 25.1 Å². The average molecular weight is 206 g/mol. The van der Waals surface area contributed by atoms with Gasteiger partial charge in [0.15, 0.2) is 0 Å². The van der Waals surface area contributed by atoms with Gasteiger partial charge in [-0.1, -0.05) is 13.8 Å². The molecule has 1 unspecified atom stereocenters. The Hall–Kier alpha value is -1.12. The second kappa shape index (κ2) is 3.47. The van der Waals surface area contributed by atoms with Crippen LogP contribution in [0.25, 0.3) is 0 Å². The van der Waals surface area contributed by atoms with E-state index in [1.165, 1.54) is 0 Å². The van der Waals surface area contributed by atoms with Crippen molar-refractivity contribution in [1.29, 1.82) is 0 Å². The number of hydrogen-bond donors (Lipinski definition) is 0. The fourth-order valence-electron chi connectivity index (χ4n) is 2.01. The molecule has 1 aromatic rings. The van der Waals surface area contributed by atoms with Gasteiger partial charge in [-0.3, -0.25) is 9.48 Å². The zero-order chi connectivity index (χ0) is 11.1. The third kappa shape index (κ3) is 2.11. The molecule has 0 bridgehead atoms. The zero-order valence-corrected chi connectivity index (χ0v) is 9.66. The number of ketones is 1. The van der Waals surface area contributed by atoms with Crippen LogP contribution in [-0.2, 0) is 17.8 Å². The smallest absolute Gasteiger partial charge is 0.141 e. The molecule has 1 saturated carbocycles. The van der Waals surface area contributed by atoms with E-state index >= 15 is 0 Å². The van der Waals surface area contributed by atoms with Crippen LogP contribution in [0.1, 0.15) is 32.8 Å². The Labute approximate surface area is 90.5 Å². The van der Waals surface area contributed by atoms with E-state index in [2.05, 4.69) is 18.9 Å². The fourth-order valence-corrected chi connectivity index (χ4v) is 2.01. The molecular formula is C12H18N2O. The quantitative estimate of drug-likeness (QED) is 0.755. The van der Waals surface area contributed by atoms with Gasteiger partial charge in [-0.2, -0.15) is 5.10 Å². The fraction of sp³-hybridized carbons (Fsp3) is 0.667. The van der Waals surface area contributed by atoms with E-state index in [1.807, 2.05) is 17.8 Å². The van der Waals surface area contributed by atoms with Crippen molar-refractivity contribution in [3.63, 3.8) is 0 Å². The lowest BCUT2D eigenvalue weighted by molar-refractivity contribution is -0.120. The standard InChI is InChI=1S/C12H18N2O/c1-4-14-8-9(7-13-14)5-11(15)10-6-12(10,2)3/h7-8,10H,4-6H2,1-3H3. The number of rotatable bonds is 4. The number of aromatic nitrogens is 2. The maximum absolute atomic E-state index is 11.9. The molecule has 1 aliphatic carbocycles. The Kier molecular flexibility index (Phi) is 2.41. The van der Waals surface area contributed by atoms with Crippen LogP contribution in [0, 0.1) is 11.3 Å². The van der Waals surface area contributed by atoms with E-state index < -0.39 is 0 Å². The first kappa shape index (κ1) is 10.4. The topological polar surface area (TPSA) is 34.9 Å². The summed E-state index contributed by atoms with van der Waals surface area (Å²) in [5, 5.41) is 4.17. The summed E-state index contributed by atoms with van der Waals surface area (Å²) in [4.78, 5) is 11.9. The normalized spacial score (nSPS) is 22.7. The largest absolute Gasteiger partial charge is 0.299 e. The first-order valence-electron chi connectivity index (χ1n) is 5.57.